The summed E-state index contributed by atoms with van der Waals surface area (Å²) in [5.74, 6) is 0.535. The van der Waals surface area contributed by atoms with Crippen molar-refractivity contribution in [2.45, 2.75) is 37.0 Å². The predicted molar refractivity (Wildman–Crippen MR) is 81.2 cm³/mol. The first-order chi connectivity index (χ1) is 9.54. The summed E-state index contributed by atoms with van der Waals surface area (Å²) in [6.07, 6.45) is -0.0987. The Morgan fingerprint density at radius 2 is 2.00 bits per heavy atom. The maximum absolute atomic E-state index is 11.7. The molecule has 0 saturated carbocycles. The molecule has 1 aromatic carbocycles. The topological polar surface area (TPSA) is 52.1 Å². The Hall–Kier alpha value is -1.40. The highest BCUT2D eigenvalue weighted by Gasteiger charge is 2.09. The summed E-state index contributed by atoms with van der Waals surface area (Å²) >= 11 is 3.24. The third kappa shape index (κ3) is 4.31. The highest BCUT2D eigenvalue weighted by atomic mass is 32.2. The smallest absolute Gasteiger partial charge is 0.338 e. The molecule has 0 bridgehead atoms. The Morgan fingerprint density at radius 3 is 2.55 bits per heavy atom. The van der Waals surface area contributed by atoms with Gasteiger partial charge in [0.1, 0.15) is 5.01 Å². The van der Waals surface area contributed by atoms with Crippen molar-refractivity contribution in [1.82, 2.24) is 10.2 Å². The molecule has 1 heterocycles. The van der Waals surface area contributed by atoms with Crippen LogP contribution < -0.4 is 0 Å². The number of ether oxygens (including phenoxy) is 1. The van der Waals surface area contributed by atoms with Gasteiger partial charge in [-0.25, -0.2) is 4.79 Å². The molecule has 2 rings (SSSR count). The van der Waals surface area contributed by atoms with Gasteiger partial charge in [-0.1, -0.05) is 35.2 Å². The summed E-state index contributed by atoms with van der Waals surface area (Å²) in [5, 5.41) is 9.02. The Kier molecular flexibility index (Phi) is 5.14. The van der Waals surface area contributed by atoms with Gasteiger partial charge < -0.3 is 4.74 Å². The van der Waals surface area contributed by atoms with Crippen LogP contribution in [0.1, 0.15) is 34.8 Å². The average Bonchev–Trinajstić information content (AvgIpc) is 2.82. The van der Waals surface area contributed by atoms with Crippen molar-refractivity contribution < 1.29 is 9.53 Å². The van der Waals surface area contributed by atoms with E-state index in [-0.39, 0.29) is 12.1 Å². The van der Waals surface area contributed by atoms with Crippen LogP contribution in [0, 0.1) is 6.92 Å². The highest BCUT2D eigenvalue weighted by Crippen LogP contribution is 2.25. The molecule has 1 aromatic heterocycles. The lowest BCUT2D eigenvalue weighted by molar-refractivity contribution is 0.0378. The van der Waals surface area contributed by atoms with E-state index in [4.69, 9.17) is 4.74 Å². The Labute approximate surface area is 126 Å². The van der Waals surface area contributed by atoms with E-state index in [1.54, 1.807) is 35.2 Å². The van der Waals surface area contributed by atoms with Crippen molar-refractivity contribution >= 4 is 29.1 Å². The van der Waals surface area contributed by atoms with Gasteiger partial charge in [-0.05, 0) is 38.5 Å². The van der Waals surface area contributed by atoms with Crippen LogP contribution in [0.25, 0.3) is 0 Å². The molecule has 0 spiro atoms. The largest absolute Gasteiger partial charge is 0.459 e. The minimum absolute atomic E-state index is 0.0987. The van der Waals surface area contributed by atoms with Crippen molar-refractivity contribution in [2.24, 2.45) is 0 Å². The Morgan fingerprint density at radius 1 is 1.30 bits per heavy atom. The van der Waals surface area contributed by atoms with E-state index in [2.05, 4.69) is 10.2 Å². The lowest BCUT2D eigenvalue weighted by Gasteiger charge is -2.08. The average molecular weight is 308 g/mol. The number of carbonyl (C=O) groups excluding carboxylic acids is 1. The number of hydrogen-bond acceptors (Lipinski definition) is 6. The van der Waals surface area contributed by atoms with E-state index in [0.717, 1.165) is 20.7 Å². The number of hydrogen-bond donors (Lipinski definition) is 0. The molecule has 0 saturated heterocycles. The van der Waals surface area contributed by atoms with E-state index < -0.39 is 0 Å². The molecule has 0 atom stereocenters. The standard InChI is InChI=1S/C14H16N2O2S2/c1-9(2)18-13(17)12-6-4-11(5-7-12)8-19-14-16-15-10(3)20-14/h4-7,9H,8H2,1-3H3. The minimum Gasteiger partial charge on any atom is -0.459 e. The molecule has 0 unspecified atom stereocenters. The number of carbonyl (C=O) groups is 1. The maximum Gasteiger partial charge on any atom is 0.338 e. The number of aromatic nitrogens is 2. The first-order valence-electron chi connectivity index (χ1n) is 6.27. The quantitative estimate of drug-likeness (QED) is 0.622. The number of benzene rings is 1. The van der Waals surface area contributed by atoms with Crippen molar-refractivity contribution in [3.05, 3.63) is 40.4 Å². The second kappa shape index (κ2) is 6.85. The number of aryl methyl sites for hydroxylation is 1. The van der Waals surface area contributed by atoms with E-state index >= 15 is 0 Å². The number of esters is 1. The first-order valence-corrected chi connectivity index (χ1v) is 8.07. The van der Waals surface area contributed by atoms with Crippen LogP contribution >= 0.6 is 23.1 Å². The van der Waals surface area contributed by atoms with Crippen molar-refractivity contribution in [1.29, 1.82) is 0 Å². The lowest BCUT2D eigenvalue weighted by Crippen LogP contribution is -2.11. The minimum atomic E-state index is -0.279. The summed E-state index contributed by atoms with van der Waals surface area (Å²) in [6.45, 7) is 5.62. The fourth-order valence-electron chi connectivity index (χ4n) is 1.50. The summed E-state index contributed by atoms with van der Waals surface area (Å²) in [7, 11) is 0. The van der Waals surface area contributed by atoms with Gasteiger partial charge in [0.2, 0.25) is 0 Å². The molecule has 20 heavy (non-hydrogen) atoms. The molecular formula is C14H16N2O2S2. The molecule has 0 N–H and O–H groups in total. The molecule has 6 heteroatoms. The second-order valence-corrected chi connectivity index (χ2v) is 6.93. The molecule has 4 nitrogen and oxygen atoms in total. The number of thioether (sulfide) groups is 1. The zero-order valence-electron chi connectivity index (χ0n) is 11.6. The molecule has 0 aliphatic carbocycles. The molecule has 106 valence electrons. The fraction of sp³-hybridized carbons (Fsp3) is 0.357. The van der Waals surface area contributed by atoms with E-state index in [1.807, 2.05) is 32.9 Å². The number of nitrogens with zero attached hydrogens (tertiary/aromatic N) is 2. The zero-order chi connectivity index (χ0) is 14.5. The van der Waals surface area contributed by atoms with Gasteiger partial charge in [0.15, 0.2) is 4.34 Å². The predicted octanol–water partition coefficient (Wildman–Crippen LogP) is 3.70. The third-order valence-corrected chi connectivity index (χ3v) is 4.45. The summed E-state index contributed by atoms with van der Waals surface area (Å²) in [6, 6.07) is 7.48. The fourth-order valence-corrected chi connectivity index (χ4v) is 3.27. The first kappa shape index (κ1) is 15.0. The monoisotopic (exact) mass is 308 g/mol. The Bertz CT molecular complexity index is 579. The normalized spacial score (nSPS) is 10.8. The summed E-state index contributed by atoms with van der Waals surface area (Å²) in [4.78, 5) is 11.7. The summed E-state index contributed by atoms with van der Waals surface area (Å²) < 4.78 is 6.11. The molecule has 0 aliphatic heterocycles. The van der Waals surface area contributed by atoms with Crippen molar-refractivity contribution in [3.63, 3.8) is 0 Å². The summed E-state index contributed by atoms with van der Waals surface area (Å²) in [5.41, 5.74) is 1.73. The van der Waals surface area contributed by atoms with Gasteiger partial charge in [-0.15, -0.1) is 10.2 Å². The van der Waals surface area contributed by atoms with Crippen LogP contribution in [-0.2, 0) is 10.5 Å². The van der Waals surface area contributed by atoms with Crippen LogP contribution in [0.5, 0.6) is 0 Å². The van der Waals surface area contributed by atoms with Crippen molar-refractivity contribution in [2.75, 3.05) is 0 Å². The van der Waals surface area contributed by atoms with Crippen LogP contribution in [0.15, 0.2) is 28.6 Å². The molecule has 0 fully saturated rings. The molecule has 0 radical (unpaired) electrons. The van der Waals surface area contributed by atoms with Gasteiger partial charge >= 0.3 is 5.97 Å². The lowest BCUT2D eigenvalue weighted by atomic mass is 10.1. The zero-order valence-corrected chi connectivity index (χ0v) is 13.3. The van der Waals surface area contributed by atoms with Crippen LogP contribution in [-0.4, -0.2) is 22.3 Å². The van der Waals surface area contributed by atoms with Crippen LogP contribution in [0.2, 0.25) is 0 Å². The number of rotatable bonds is 5. The maximum atomic E-state index is 11.7. The molecular weight excluding hydrogens is 292 g/mol. The molecule has 0 aliphatic rings. The Balaban J connectivity index is 1.93. The van der Waals surface area contributed by atoms with E-state index in [0.29, 0.717) is 5.56 Å². The van der Waals surface area contributed by atoms with Gasteiger partial charge in [0.25, 0.3) is 0 Å². The van der Waals surface area contributed by atoms with Gasteiger partial charge in [0, 0.05) is 5.75 Å². The van der Waals surface area contributed by atoms with Gasteiger partial charge in [-0.3, -0.25) is 0 Å². The van der Waals surface area contributed by atoms with Gasteiger partial charge in [-0.2, -0.15) is 0 Å². The van der Waals surface area contributed by atoms with Crippen molar-refractivity contribution in [3.8, 4) is 0 Å². The third-order valence-electron chi connectivity index (χ3n) is 2.40. The van der Waals surface area contributed by atoms with Gasteiger partial charge in [0.05, 0.1) is 11.7 Å². The van der Waals surface area contributed by atoms with Crippen LogP contribution in [0.4, 0.5) is 0 Å². The second-order valence-electron chi connectivity index (χ2n) is 4.53. The van der Waals surface area contributed by atoms with E-state index in [1.165, 1.54) is 0 Å². The van der Waals surface area contributed by atoms with E-state index in [9.17, 15) is 4.79 Å². The molecule has 0 amide bonds. The SMILES string of the molecule is Cc1nnc(SCc2ccc(C(=O)OC(C)C)cc2)s1. The molecule has 2 aromatic rings. The van der Waals surface area contributed by atoms with Crippen LogP contribution in [0.3, 0.4) is 0 Å². The highest BCUT2D eigenvalue weighted by molar-refractivity contribution is 8.00.